The van der Waals surface area contributed by atoms with E-state index < -0.39 is 0 Å². The van der Waals surface area contributed by atoms with Crippen molar-refractivity contribution in [2.24, 2.45) is 11.8 Å². The monoisotopic (exact) mass is 331 g/mol. The van der Waals surface area contributed by atoms with Crippen LogP contribution in [0.1, 0.15) is 57.7 Å². The standard InChI is InChI=1S/C19H29N3O2/c1-13(2)11-17(16-5-3-4-9-20-16)22-19(23)21-15-8-10-24-18(12-15)14-6-7-14/h3-5,9,13-15,17-18H,6-8,10-12H2,1-2H3,(H2,21,22,23)/t15-,17-,18-/m0/s1. The first-order valence-electron chi connectivity index (χ1n) is 9.21. The van der Waals surface area contributed by atoms with Gasteiger partial charge in [-0.1, -0.05) is 19.9 Å². The van der Waals surface area contributed by atoms with E-state index >= 15 is 0 Å². The number of carbonyl (C=O) groups excluding carboxylic acids is 1. The van der Waals surface area contributed by atoms with Gasteiger partial charge in [0.1, 0.15) is 0 Å². The van der Waals surface area contributed by atoms with E-state index in [9.17, 15) is 4.79 Å². The van der Waals surface area contributed by atoms with Crippen molar-refractivity contribution in [3.05, 3.63) is 30.1 Å². The largest absolute Gasteiger partial charge is 0.378 e. The highest BCUT2D eigenvalue weighted by Gasteiger charge is 2.36. The van der Waals surface area contributed by atoms with Crippen LogP contribution in [-0.2, 0) is 4.74 Å². The van der Waals surface area contributed by atoms with Gasteiger partial charge in [-0.2, -0.15) is 0 Å². The van der Waals surface area contributed by atoms with E-state index in [0.717, 1.165) is 37.5 Å². The van der Waals surface area contributed by atoms with Crippen LogP contribution in [-0.4, -0.2) is 29.8 Å². The lowest BCUT2D eigenvalue weighted by molar-refractivity contribution is -0.00919. The minimum absolute atomic E-state index is 0.0507. The number of ether oxygens (including phenoxy) is 1. The van der Waals surface area contributed by atoms with Crippen LogP contribution >= 0.6 is 0 Å². The molecule has 2 heterocycles. The molecule has 5 heteroatoms. The molecule has 0 unspecified atom stereocenters. The Hall–Kier alpha value is -1.62. The molecule has 0 aromatic carbocycles. The highest BCUT2D eigenvalue weighted by molar-refractivity contribution is 5.74. The fourth-order valence-corrected chi connectivity index (χ4v) is 3.45. The van der Waals surface area contributed by atoms with Gasteiger partial charge in [0.15, 0.2) is 0 Å². The third-order valence-electron chi connectivity index (χ3n) is 4.86. The molecule has 2 N–H and O–H groups in total. The molecule has 2 amide bonds. The zero-order valence-corrected chi connectivity index (χ0v) is 14.7. The van der Waals surface area contributed by atoms with Crippen LogP contribution in [0.4, 0.5) is 4.79 Å². The molecule has 24 heavy (non-hydrogen) atoms. The molecule has 1 saturated heterocycles. The number of hydrogen-bond acceptors (Lipinski definition) is 3. The van der Waals surface area contributed by atoms with Crippen molar-refractivity contribution in [1.29, 1.82) is 0 Å². The van der Waals surface area contributed by atoms with Gasteiger partial charge in [-0.25, -0.2) is 4.79 Å². The SMILES string of the molecule is CC(C)C[C@H](NC(=O)N[C@H]1CCO[C@H](C2CC2)C1)c1ccccn1. The fraction of sp³-hybridized carbons (Fsp3) is 0.684. The highest BCUT2D eigenvalue weighted by Crippen LogP contribution is 2.38. The van der Waals surface area contributed by atoms with Crippen LogP contribution in [0.25, 0.3) is 0 Å². The Balaban J connectivity index is 1.54. The first-order chi connectivity index (χ1) is 11.6. The molecular weight excluding hydrogens is 302 g/mol. The van der Waals surface area contributed by atoms with Crippen molar-refractivity contribution in [3.63, 3.8) is 0 Å². The van der Waals surface area contributed by atoms with Gasteiger partial charge in [-0.15, -0.1) is 0 Å². The Bertz CT molecular complexity index is 531. The normalized spacial score (nSPS) is 25.3. The third-order valence-corrected chi connectivity index (χ3v) is 4.86. The second-order valence-corrected chi connectivity index (χ2v) is 7.52. The van der Waals surface area contributed by atoms with E-state index in [4.69, 9.17) is 4.74 Å². The van der Waals surface area contributed by atoms with Crippen LogP contribution in [0.15, 0.2) is 24.4 Å². The first kappa shape index (κ1) is 17.2. The van der Waals surface area contributed by atoms with Crippen LogP contribution in [0.2, 0.25) is 0 Å². The summed E-state index contributed by atoms with van der Waals surface area (Å²) in [5.74, 6) is 1.21. The van der Waals surface area contributed by atoms with Crippen molar-refractivity contribution < 1.29 is 9.53 Å². The summed E-state index contributed by atoms with van der Waals surface area (Å²) in [5.41, 5.74) is 0.921. The number of rotatable bonds is 6. The molecule has 1 aromatic rings. The second-order valence-electron chi connectivity index (χ2n) is 7.52. The van der Waals surface area contributed by atoms with Crippen LogP contribution in [0.3, 0.4) is 0 Å². The molecule has 1 aliphatic heterocycles. The predicted molar refractivity (Wildman–Crippen MR) is 93.6 cm³/mol. The minimum atomic E-state index is -0.0900. The van der Waals surface area contributed by atoms with Gasteiger partial charge < -0.3 is 15.4 Å². The molecular formula is C19H29N3O2. The van der Waals surface area contributed by atoms with Gasteiger partial charge in [0.25, 0.3) is 0 Å². The van der Waals surface area contributed by atoms with Crippen molar-refractivity contribution in [2.75, 3.05) is 6.61 Å². The Labute approximate surface area is 144 Å². The summed E-state index contributed by atoms with van der Waals surface area (Å²) in [6.45, 7) is 5.07. The molecule has 0 spiro atoms. The molecule has 2 fully saturated rings. The lowest BCUT2D eigenvalue weighted by atomic mass is 9.99. The average Bonchev–Trinajstić information content (AvgIpc) is 3.40. The third kappa shape index (κ3) is 4.94. The molecule has 3 rings (SSSR count). The van der Waals surface area contributed by atoms with E-state index in [1.54, 1.807) is 6.20 Å². The summed E-state index contributed by atoms with van der Waals surface area (Å²) >= 11 is 0. The van der Waals surface area contributed by atoms with Gasteiger partial charge in [0, 0.05) is 18.8 Å². The van der Waals surface area contributed by atoms with E-state index in [0.29, 0.717) is 12.0 Å². The van der Waals surface area contributed by atoms with Gasteiger partial charge in [-0.05, 0) is 56.1 Å². The molecule has 0 radical (unpaired) electrons. The van der Waals surface area contributed by atoms with E-state index in [1.165, 1.54) is 12.8 Å². The number of amides is 2. The number of urea groups is 1. The molecule has 1 aliphatic carbocycles. The lowest BCUT2D eigenvalue weighted by Gasteiger charge is -2.31. The zero-order valence-electron chi connectivity index (χ0n) is 14.7. The van der Waals surface area contributed by atoms with Gasteiger partial charge in [0.2, 0.25) is 0 Å². The number of hydrogen-bond donors (Lipinski definition) is 2. The average molecular weight is 331 g/mol. The Morgan fingerprint density at radius 1 is 1.33 bits per heavy atom. The first-order valence-corrected chi connectivity index (χ1v) is 9.21. The number of nitrogens with one attached hydrogen (secondary N) is 2. The van der Waals surface area contributed by atoms with Crippen molar-refractivity contribution in [1.82, 2.24) is 15.6 Å². The molecule has 3 atom stereocenters. The molecule has 1 aromatic heterocycles. The van der Waals surface area contributed by atoms with E-state index in [2.05, 4.69) is 29.5 Å². The molecule has 2 aliphatic rings. The van der Waals surface area contributed by atoms with Gasteiger partial charge in [0.05, 0.1) is 17.8 Å². The van der Waals surface area contributed by atoms with Crippen LogP contribution < -0.4 is 10.6 Å². The highest BCUT2D eigenvalue weighted by atomic mass is 16.5. The second kappa shape index (κ2) is 7.97. The van der Waals surface area contributed by atoms with E-state index in [-0.39, 0.29) is 18.1 Å². The van der Waals surface area contributed by atoms with Crippen LogP contribution in [0, 0.1) is 11.8 Å². The summed E-state index contributed by atoms with van der Waals surface area (Å²) < 4.78 is 5.84. The number of nitrogens with zero attached hydrogens (tertiary/aromatic N) is 1. The Kier molecular flexibility index (Phi) is 5.72. The maximum absolute atomic E-state index is 12.5. The Morgan fingerprint density at radius 3 is 2.83 bits per heavy atom. The number of aromatic nitrogens is 1. The predicted octanol–water partition coefficient (Wildman–Crippen LogP) is 3.43. The van der Waals surface area contributed by atoms with Crippen LogP contribution in [0.5, 0.6) is 0 Å². The summed E-state index contributed by atoms with van der Waals surface area (Å²) in [5, 5.41) is 6.27. The topological polar surface area (TPSA) is 63.2 Å². The van der Waals surface area contributed by atoms with Gasteiger partial charge in [-0.3, -0.25) is 4.98 Å². The molecule has 1 saturated carbocycles. The van der Waals surface area contributed by atoms with E-state index in [1.807, 2.05) is 18.2 Å². The summed E-state index contributed by atoms with van der Waals surface area (Å²) in [6, 6.07) is 5.92. The smallest absolute Gasteiger partial charge is 0.315 e. The summed E-state index contributed by atoms with van der Waals surface area (Å²) in [6.07, 6.45) is 7.39. The number of carbonyl (C=O) groups is 1. The summed E-state index contributed by atoms with van der Waals surface area (Å²) in [7, 11) is 0. The number of pyridine rings is 1. The molecule has 0 bridgehead atoms. The van der Waals surface area contributed by atoms with Gasteiger partial charge >= 0.3 is 6.03 Å². The quantitative estimate of drug-likeness (QED) is 0.839. The zero-order chi connectivity index (χ0) is 16.9. The Morgan fingerprint density at radius 2 is 2.17 bits per heavy atom. The summed E-state index contributed by atoms with van der Waals surface area (Å²) in [4.78, 5) is 16.9. The molecule has 132 valence electrons. The van der Waals surface area contributed by atoms with Crippen molar-refractivity contribution >= 4 is 6.03 Å². The molecule has 5 nitrogen and oxygen atoms in total. The van der Waals surface area contributed by atoms with Crippen molar-refractivity contribution in [3.8, 4) is 0 Å². The lowest BCUT2D eigenvalue weighted by Crippen LogP contribution is -2.47. The maximum Gasteiger partial charge on any atom is 0.315 e. The maximum atomic E-state index is 12.5. The van der Waals surface area contributed by atoms with Crippen molar-refractivity contribution in [2.45, 2.75) is 64.1 Å². The minimum Gasteiger partial charge on any atom is -0.378 e. The fourth-order valence-electron chi connectivity index (χ4n) is 3.45.